The summed E-state index contributed by atoms with van der Waals surface area (Å²) in [7, 11) is 0. The molecule has 1 aliphatic heterocycles. The highest BCUT2D eigenvalue weighted by Crippen LogP contribution is 2.40. The number of carbonyl (C=O) groups excluding carboxylic acids is 1. The van der Waals surface area contributed by atoms with Crippen LogP contribution in [0.1, 0.15) is 42.6 Å². The van der Waals surface area contributed by atoms with Crippen molar-refractivity contribution in [2.24, 2.45) is 5.92 Å². The molecule has 6 heteroatoms. The van der Waals surface area contributed by atoms with E-state index in [2.05, 4.69) is 4.98 Å². The summed E-state index contributed by atoms with van der Waals surface area (Å²) in [6, 6.07) is 8.57. The molecular weight excluding hydrogens is 320 g/mol. The van der Waals surface area contributed by atoms with Crippen molar-refractivity contribution in [2.75, 3.05) is 0 Å². The number of carboxylic acids is 1. The lowest BCUT2D eigenvalue weighted by atomic mass is 9.84. The molecule has 0 spiro atoms. The summed E-state index contributed by atoms with van der Waals surface area (Å²) >= 11 is 0. The van der Waals surface area contributed by atoms with Crippen molar-refractivity contribution in [1.82, 2.24) is 9.88 Å². The zero-order valence-corrected chi connectivity index (χ0v) is 13.8. The second kappa shape index (κ2) is 6.35. The van der Waals surface area contributed by atoms with Gasteiger partial charge in [-0.15, -0.1) is 0 Å². The Morgan fingerprint density at radius 3 is 2.68 bits per heavy atom. The maximum absolute atomic E-state index is 13.0. The van der Waals surface area contributed by atoms with Crippen LogP contribution in [0.3, 0.4) is 0 Å². The lowest BCUT2D eigenvalue weighted by molar-refractivity contribution is -0.141. The van der Waals surface area contributed by atoms with Crippen molar-refractivity contribution in [3.05, 3.63) is 42.3 Å². The van der Waals surface area contributed by atoms with Crippen LogP contribution in [0.2, 0.25) is 0 Å². The normalized spacial score (nSPS) is 25.6. The molecule has 4 rings (SSSR count). The molecule has 0 bridgehead atoms. The number of nitrogens with zero attached hydrogens (tertiary/aromatic N) is 2. The van der Waals surface area contributed by atoms with Gasteiger partial charge in [-0.2, -0.15) is 0 Å². The molecule has 6 nitrogen and oxygen atoms in total. The van der Waals surface area contributed by atoms with E-state index in [9.17, 15) is 14.7 Å². The predicted molar refractivity (Wildman–Crippen MR) is 89.9 cm³/mol. The van der Waals surface area contributed by atoms with Gasteiger partial charge in [0.05, 0.1) is 0 Å². The van der Waals surface area contributed by atoms with Crippen LogP contribution >= 0.6 is 0 Å². The molecule has 2 fully saturated rings. The van der Waals surface area contributed by atoms with Gasteiger partial charge in [-0.25, -0.2) is 9.78 Å². The molecule has 2 aromatic rings. The zero-order chi connectivity index (χ0) is 17.4. The van der Waals surface area contributed by atoms with E-state index in [1.807, 2.05) is 30.3 Å². The number of aliphatic carboxylic acids is 1. The van der Waals surface area contributed by atoms with E-state index in [4.69, 9.17) is 4.42 Å². The van der Waals surface area contributed by atoms with Crippen molar-refractivity contribution in [3.63, 3.8) is 0 Å². The van der Waals surface area contributed by atoms with Gasteiger partial charge in [0.25, 0.3) is 5.91 Å². The molecule has 25 heavy (non-hydrogen) atoms. The highest BCUT2D eigenvalue weighted by molar-refractivity contribution is 5.95. The van der Waals surface area contributed by atoms with Crippen LogP contribution in [0.5, 0.6) is 0 Å². The molecule has 1 aromatic carbocycles. The summed E-state index contributed by atoms with van der Waals surface area (Å²) in [6.45, 7) is 0. The number of carbonyl (C=O) groups is 2. The van der Waals surface area contributed by atoms with Gasteiger partial charge in [0.2, 0.25) is 5.89 Å². The minimum absolute atomic E-state index is 0.000717. The number of hydrogen-bond donors (Lipinski definition) is 1. The van der Waals surface area contributed by atoms with Gasteiger partial charge >= 0.3 is 5.97 Å². The van der Waals surface area contributed by atoms with Gasteiger partial charge in [-0.05, 0) is 37.3 Å². The third-order valence-corrected chi connectivity index (χ3v) is 5.35. The van der Waals surface area contributed by atoms with Crippen molar-refractivity contribution < 1.29 is 19.1 Å². The first-order valence-corrected chi connectivity index (χ1v) is 8.71. The largest absolute Gasteiger partial charge is 0.480 e. The van der Waals surface area contributed by atoms with Crippen LogP contribution in [0.15, 0.2) is 41.0 Å². The Bertz CT molecular complexity index is 786. The lowest BCUT2D eigenvalue weighted by Gasteiger charge is -2.32. The summed E-state index contributed by atoms with van der Waals surface area (Å²) in [6.07, 6.45) is 5.87. The van der Waals surface area contributed by atoms with E-state index in [0.29, 0.717) is 12.3 Å². The number of likely N-dealkylation sites (tertiary alicyclic amines) is 1. The quantitative estimate of drug-likeness (QED) is 0.927. The molecule has 1 aromatic heterocycles. The Hall–Kier alpha value is -2.63. The van der Waals surface area contributed by atoms with Crippen LogP contribution < -0.4 is 0 Å². The number of carboxylic acid groups (broad SMARTS) is 1. The number of hydrogen-bond acceptors (Lipinski definition) is 4. The third kappa shape index (κ3) is 2.81. The first kappa shape index (κ1) is 15.9. The summed E-state index contributed by atoms with van der Waals surface area (Å²) in [5.74, 6) is -0.628. The van der Waals surface area contributed by atoms with Gasteiger partial charge in [-0.1, -0.05) is 31.0 Å². The topological polar surface area (TPSA) is 83.6 Å². The molecule has 2 heterocycles. The third-order valence-electron chi connectivity index (χ3n) is 5.35. The number of oxazole rings is 1. The second-order valence-corrected chi connectivity index (χ2v) is 6.82. The molecule has 0 radical (unpaired) electrons. The van der Waals surface area contributed by atoms with Crippen molar-refractivity contribution >= 4 is 11.9 Å². The SMILES string of the molecule is O=C(O)[C@@H]1C[C@@H]2CCCC[C@H]2N1C(=O)c1coc(-c2ccccc2)n1. The average molecular weight is 340 g/mol. The monoisotopic (exact) mass is 340 g/mol. The van der Waals surface area contributed by atoms with Crippen LogP contribution in [0.4, 0.5) is 0 Å². The molecule has 0 unspecified atom stereocenters. The predicted octanol–water partition coefficient (Wildman–Crippen LogP) is 3.20. The van der Waals surface area contributed by atoms with Crippen molar-refractivity contribution in [3.8, 4) is 11.5 Å². The number of rotatable bonds is 3. The van der Waals surface area contributed by atoms with Gasteiger partial charge < -0.3 is 14.4 Å². The Kier molecular flexibility index (Phi) is 4.03. The van der Waals surface area contributed by atoms with Crippen molar-refractivity contribution in [2.45, 2.75) is 44.2 Å². The molecule has 1 saturated heterocycles. The number of benzene rings is 1. The molecule has 3 atom stereocenters. The zero-order valence-electron chi connectivity index (χ0n) is 13.8. The minimum Gasteiger partial charge on any atom is -0.480 e. The fourth-order valence-corrected chi connectivity index (χ4v) is 4.19. The number of aromatic nitrogens is 1. The maximum Gasteiger partial charge on any atom is 0.326 e. The van der Waals surface area contributed by atoms with Crippen LogP contribution in [0.25, 0.3) is 11.5 Å². The number of amides is 1. The highest BCUT2D eigenvalue weighted by Gasteiger charge is 2.48. The van der Waals surface area contributed by atoms with Crippen LogP contribution in [0, 0.1) is 5.92 Å². The smallest absolute Gasteiger partial charge is 0.326 e. The van der Waals surface area contributed by atoms with Gasteiger partial charge in [0, 0.05) is 11.6 Å². The first-order valence-electron chi connectivity index (χ1n) is 8.71. The molecule has 130 valence electrons. The summed E-state index contributed by atoms with van der Waals surface area (Å²) in [5.41, 5.74) is 0.963. The molecule has 1 N–H and O–H groups in total. The maximum atomic E-state index is 13.0. The highest BCUT2D eigenvalue weighted by atomic mass is 16.4. The Balaban J connectivity index is 1.63. The minimum atomic E-state index is -0.936. The van der Waals surface area contributed by atoms with E-state index in [0.717, 1.165) is 31.2 Å². The summed E-state index contributed by atoms with van der Waals surface area (Å²) < 4.78 is 5.46. The Morgan fingerprint density at radius 1 is 1.16 bits per heavy atom. The second-order valence-electron chi connectivity index (χ2n) is 6.82. The first-order chi connectivity index (χ1) is 12.1. The van der Waals surface area contributed by atoms with Crippen LogP contribution in [-0.4, -0.2) is 39.0 Å². The molecule has 1 aliphatic carbocycles. The molecule has 2 aliphatic rings. The van der Waals surface area contributed by atoms with E-state index < -0.39 is 12.0 Å². The molecule has 1 amide bonds. The fraction of sp³-hybridized carbons (Fsp3) is 0.421. The van der Waals surface area contributed by atoms with E-state index in [1.54, 1.807) is 4.90 Å². The number of fused-ring (bicyclic) bond motifs is 1. The average Bonchev–Trinajstić information content (AvgIpc) is 3.27. The standard InChI is InChI=1S/C19H20N2O4/c22-18(14-11-25-17(20-14)12-6-2-1-3-7-12)21-15-9-5-4-8-13(15)10-16(21)19(23)24/h1-3,6-7,11,13,15-16H,4-5,8-10H2,(H,23,24)/t13-,15+,16-/m0/s1. The van der Waals surface area contributed by atoms with E-state index >= 15 is 0 Å². The van der Waals surface area contributed by atoms with Gasteiger partial charge in [0.15, 0.2) is 5.69 Å². The van der Waals surface area contributed by atoms with E-state index in [-0.39, 0.29) is 23.6 Å². The van der Waals surface area contributed by atoms with Crippen LogP contribution in [-0.2, 0) is 4.79 Å². The Labute approximate surface area is 145 Å². The summed E-state index contributed by atoms with van der Waals surface area (Å²) in [4.78, 5) is 30.5. The summed E-state index contributed by atoms with van der Waals surface area (Å²) in [5, 5.41) is 9.57. The molecular formula is C19H20N2O4. The van der Waals surface area contributed by atoms with Gasteiger partial charge in [0.1, 0.15) is 12.3 Å². The molecule has 1 saturated carbocycles. The van der Waals surface area contributed by atoms with E-state index in [1.165, 1.54) is 6.26 Å². The Morgan fingerprint density at radius 2 is 1.92 bits per heavy atom. The lowest BCUT2D eigenvalue weighted by Crippen LogP contribution is -2.46. The van der Waals surface area contributed by atoms with Gasteiger partial charge in [-0.3, -0.25) is 4.79 Å². The van der Waals surface area contributed by atoms with Crippen molar-refractivity contribution in [1.29, 1.82) is 0 Å². The fourth-order valence-electron chi connectivity index (χ4n) is 4.19.